The van der Waals surface area contributed by atoms with Gasteiger partial charge in [0.05, 0.1) is 13.2 Å². The molecule has 90 valence electrons. The quantitative estimate of drug-likeness (QED) is 0.574. The lowest BCUT2D eigenvalue weighted by molar-refractivity contribution is 0.157. The van der Waals surface area contributed by atoms with E-state index in [1.54, 1.807) is 0 Å². The summed E-state index contributed by atoms with van der Waals surface area (Å²) in [5.74, 6) is 0. The highest BCUT2D eigenvalue weighted by molar-refractivity contribution is 9.50. The van der Waals surface area contributed by atoms with Crippen molar-refractivity contribution in [3.63, 3.8) is 0 Å². The van der Waals surface area contributed by atoms with E-state index in [1.165, 1.54) is 10.4 Å². The van der Waals surface area contributed by atoms with Gasteiger partial charge in [0.25, 0.3) is 6.64 Å². The Hall–Kier alpha value is 1.36. The van der Waals surface area contributed by atoms with Crippen LogP contribution in [0.5, 0.6) is 0 Å². The van der Waals surface area contributed by atoms with Gasteiger partial charge in [0, 0.05) is 31.7 Å². The topological polar surface area (TPSA) is 21.7 Å². The van der Waals surface area contributed by atoms with Crippen molar-refractivity contribution in [2.45, 2.75) is 27.2 Å². The van der Waals surface area contributed by atoms with Crippen molar-refractivity contribution < 1.29 is 9.05 Å². The lowest BCUT2D eigenvalue weighted by atomic mass is 9.98. The molecule has 7 heteroatoms. The Morgan fingerprint density at radius 3 is 2.33 bits per heavy atom. The Kier molecular flexibility index (Phi) is 5.58. The van der Waals surface area contributed by atoms with Gasteiger partial charge in [-0.3, -0.25) is 0 Å². The van der Waals surface area contributed by atoms with Gasteiger partial charge in [0.2, 0.25) is 0 Å². The number of hydrogen-bond donors (Lipinski definition) is 0. The first-order valence-electron chi connectivity index (χ1n) is 4.83. The summed E-state index contributed by atoms with van der Waals surface area (Å²) in [6, 6.07) is 0. The second-order valence-electron chi connectivity index (χ2n) is 4.63. The zero-order valence-electron chi connectivity index (χ0n) is 9.23. The van der Waals surface area contributed by atoms with Gasteiger partial charge in [0.15, 0.2) is 0 Å². The lowest BCUT2D eigenvalue weighted by Crippen LogP contribution is -2.27. The maximum atomic E-state index is 5.64. The molecule has 0 N–H and O–H groups in total. The van der Waals surface area contributed by atoms with Crippen molar-refractivity contribution in [1.29, 1.82) is 0 Å². The summed E-state index contributed by atoms with van der Waals surface area (Å²) in [5, 5.41) is 0. The second kappa shape index (κ2) is 5.80. The fraction of sp³-hybridized carbons (Fsp3) is 1.00. The number of hydrogen-bond acceptors (Lipinski definition) is 4. The molecule has 0 atom stereocenters. The molecule has 1 saturated heterocycles. The molecule has 0 radical (unpaired) electrons. The van der Waals surface area contributed by atoms with E-state index in [0.29, 0.717) is 13.2 Å². The Bertz CT molecular complexity index is 250. The molecule has 1 fully saturated rings. The van der Waals surface area contributed by atoms with Crippen molar-refractivity contribution in [2.75, 3.05) is 19.8 Å². The van der Waals surface area contributed by atoms with E-state index in [0.717, 1.165) is 13.0 Å². The van der Waals surface area contributed by atoms with Crippen molar-refractivity contribution >= 4 is 43.6 Å². The van der Waals surface area contributed by atoms with Crippen LogP contribution >= 0.6 is 31.8 Å². The minimum absolute atomic E-state index is 0.177. The summed E-state index contributed by atoms with van der Waals surface area (Å²) < 4.78 is 13.3. The molecular formula is C8H17BrNO2PS2. The molecule has 1 rings (SSSR count). The average molecular weight is 334 g/mol. The highest BCUT2D eigenvalue weighted by Crippen LogP contribution is 2.59. The van der Waals surface area contributed by atoms with Crippen LogP contribution in [0.2, 0.25) is 0 Å². The number of rotatable bonds is 3. The van der Waals surface area contributed by atoms with Crippen LogP contribution in [0.3, 0.4) is 0 Å². The smallest absolute Gasteiger partial charge is 0.274 e. The predicted molar refractivity (Wildman–Crippen MR) is 73.5 cm³/mol. The van der Waals surface area contributed by atoms with Gasteiger partial charge in [-0.1, -0.05) is 20.8 Å². The van der Waals surface area contributed by atoms with Crippen LogP contribution in [0.25, 0.3) is 0 Å². The molecule has 0 aromatic carbocycles. The molecule has 0 aliphatic carbocycles. The van der Waals surface area contributed by atoms with Crippen LogP contribution < -0.4 is 0 Å². The SMILES string of the molecule is CC(C)(C)CN(SBr)P1(=S)OCCCO1. The van der Waals surface area contributed by atoms with Gasteiger partial charge >= 0.3 is 0 Å². The van der Waals surface area contributed by atoms with Gasteiger partial charge in [-0.25, -0.2) is 0 Å². The molecule has 1 aliphatic heterocycles. The van der Waals surface area contributed by atoms with E-state index in [4.69, 9.17) is 20.9 Å². The van der Waals surface area contributed by atoms with Crippen LogP contribution in [0.15, 0.2) is 0 Å². The van der Waals surface area contributed by atoms with Crippen molar-refractivity contribution in [3.05, 3.63) is 0 Å². The summed E-state index contributed by atoms with van der Waals surface area (Å²) in [6.07, 6.45) is 0.939. The molecule has 0 amide bonds. The molecule has 1 aliphatic rings. The Labute approximate surface area is 109 Å². The van der Waals surface area contributed by atoms with E-state index in [1.807, 2.05) is 4.08 Å². The van der Waals surface area contributed by atoms with Crippen LogP contribution in [-0.2, 0) is 20.9 Å². The summed E-state index contributed by atoms with van der Waals surface area (Å²) in [4.78, 5) is 0. The highest BCUT2D eigenvalue weighted by Gasteiger charge is 2.34. The van der Waals surface area contributed by atoms with E-state index in [-0.39, 0.29) is 5.41 Å². The van der Waals surface area contributed by atoms with Gasteiger partial charge in [-0.2, -0.15) is 4.08 Å². The monoisotopic (exact) mass is 333 g/mol. The van der Waals surface area contributed by atoms with E-state index < -0.39 is 6.64 Å². The molecule has 0 aromatic heterocycles. The molecule has 0 aromatic rings. The minimum Gasteiger partial charge on any atom is -0.317 e. The summed E-state index contributed by atoms with van der Waals surface area (Å²) in [5.41, 5.74) is 0.177. The fourth-order valence-electron chi connectivity index (χ4n) is 1.14. The lowest BCUT2D eigenvalue weighted by Gasteiger charge is -2.36. The van der Waals surface area contributed by atoms with Crippen LogP contribution in [0.4, 0.5) is 0 Å². The largest absolute Gasteiger partial charge is 0.317 e. The Morgan fingerprint density at radius 2 is 1.93 bits per heavy atom. The highest BCUT2D eigenvalue weighted by atomic mass is 79.9. The van der Waals surface area contributed by atoms with Crippen LogP contribution in [0.1, 0.15) is 27.2 Å². The second-order valence-corrected chi connectivity index (χ2v) is 9.67. The maximum absolute atomic E-state index is 5.64. The van der Waals surface area contributed by atoms with Crippen molar-refractivity contribution in [3.8, 4) is 0 Å². The fourth-order valence-corrected chi connectivity index (χ4v) is 7.34. The zero-order chi connectivity index (χ0) is 11.5. The molecule has 0 spiro atoms. The standard InChI is InChI=1S/C8H17BrNO2PS2/c1-8(2,3)7-10(15-9)13(14)11-5-4-6-12-13/h4-7H2,1-3H3. The normalized spacial score (nSPS) is 21.9. The van der Waals surface area contributed by atoms with Crippen LogP contribution in [-0.4, -0.2) is 23.8 Å². The van der Waals surface area contributed by atoms with Gasteiger partial charge < -0.3 is 9.05 Å². The van der Waals surface area contributed by atoms with Gasteiger partial charge in [-0.05, 0) is 23.6 Å². The number of nitrogens with zero attached hydrogens (tertiary/aromatic N) is 1. The average Bonchev–Trinajstić information content (AvgIpc) is 2.14. The third kappa shape index (κ3) is 4.62. The van der Waals surface area contributed by atoms with E-state index in [2.05, 4.69) is 35.6 Å². The Balaban J connectivity index is 2.68. The summed E-state index contributed by atoms with van der Waals surface area (Å²) in [6.45, 7) is 6.56. The molecule has 0 saturated carbocycles. The van der Waals surface area contributed by atoms with Crippen molar-refractivity contribution in [2.24, 2.45) is 5.41 Å². The van der Waals surface area contributed by atoms with Gasteiger partial charge in [0.1, 0.15) is 0 Å². The molecule has 0 unspecified atom stereocenters. The molecular weight excluding hydrogens is 317 g/mol. The molecule has 0 bridgehead atoms. The van der Waals surface area contributed by atoms with Crippen LogP contribution in [0, 0.1) is 5.41 Å². The summed E-state index contributed by atoms with van der Waals surface area (Å²) in [7, 11) is 1.44. The van der Waals surface area contributed by atoms with Crippen molar-refractivity contribution in [1.82, 2.24) is 4.08 Å². The minimum atomic E-state index is -2.24. The predicted octanol–water partition coefficient (Wildman–Crippen LogP) is 3.95. The first kappa shape index (κ1) is 14.4. The Morgan fingerprint density at radius 1 is 1.40 bits per heavy atom. The molecule has 15 heavy (non-hydrogen) atoms. The molecule has 1 heterocycles. The summed E-state index contributed by atoms with van der Waals surface area (Å²) >= 11 is 8.87. The molecule has 3 nitrogen and oxygen atoms in total. The third-order valence-corrected chi connectivity index (χ3v) is 7.90. The van der Waals surface area contributed by atoms with Gasteiger partial charge in [-0.15, -0.1) is 0 Å². The van der Waals surface area contributed by atoms with E-state index >= 15 is 0 Å². The third-order valence-electron chi connectivity index (χ3n) is 1.76. The maximum Gasteiger partial charge on any atom is 0.274 e. The number of halogens is 1. The first-order valence-corrected chi connectivity index (χ1v) is 10.0. The first-order chi connectivity index (χ1) is 6.87. The zero-order valence-corrected chi connectivity index (χ0v) is 13.3. The van der Waals surface area contributed by atoms with E-state index in [9.17, 15) is 0 Å².